The molecule has 44 heavy (non-hydrogen) atoms. The molecule has 1 N–H and O–H groups in total. The number of carbonyl (C=O) groups excluding carboxylic acids is 1. The van der Waals surface area contributed by atoms with Crippen molar-refractivity contribution < 1.29 is 18.7 Å². The van der Waals surface area contributed by atoms with Gasteiger partial charge in [-0.25, -0.2) is 28.0 Å². The molecule has 0 spiro atoms. The predicted octanol–water partition coefficient (Wildman–Crippen LogP) is 4.92. The van der Waals surface area contributed by atoms with Crippen molar-refractivity contribution in [3.8, 4) is 34.2 Å². The number of benzene rings is 2. The third-order valence-corrected chi connectivity index (χ3v) is 6.86. The summed E-state index contributed by atoms with van der Waals surface area (Å²) >= 11 is 0. The molecule has 0 aliphatic carbocycles. The van der Waals surface area contributed by atoms with Gasteiger partial charge in [0.1, 0.15) is 17.1 Å². The van der Waals surface area contributed by atoms with Crippen LogP contribution in [-0.4, -0.2) is 34.4 Å². The standard InChI is InChI=1S/C31H26FN7O5/c1-4-37-17-28(29(40)39(31(37)42)23-8-5-21(32)6-9-23)44-30(41)35-22-7-10-26(19(2)13-22)43-27-14-20(24-16-36(3)18-33-24)15-38-25(27)11-12-34-38/h5-18H,4H2,1-3H3,(H,35,41). The van der Waals surface area contributed by atoms with Crippen molar-refractivity contribution in [1.82, 2.24) is 28.3 Å². The summed E-state index contributed by atoms with van der Waals surface area (Å²) in [5.74, 6) is 0.214. The number of amides is 1. The van der Waals surface area contributed by atoms with Crippen LogP contribution >= 0.6 is 0 Å². The van der Waals surface area contributed by atoms with E-state index in [4.69, 9.17) is 9.47 Å². The highest BCUT2D eigenvalue weighted by atomic mass is 19.1. The molecule has 0 unspecified atom stereocenters. The van der Waals surface area contributed by atoms with Crippen LogP contribution in [0.15, 0.2) is 95.3 Å². The quantitative estimate of drug-likeness (QED) is 0.278. The highest BCUT2D eigenvalue weighted by molar-refractivity contribution is 5.86. The Morgan fingerprint density at radius 1 is 0.977 bits per heavy atom. The Morgan fingerprint density at radius 3 is 2.48 bits per heavy atom. The van der Waals surface area contributed by atoms with Gasteiger partial charge >= 0.3 is 17.3 Å². The van der Waals surface area contributed by atoms with E-state index >= 15 is 0 Å². The molecule has 4 heterocycles. The van der Waals surface area contributed by atoms with Crippen LogP contribution in [-0.2, 0) is 13.6 Å². The maximum absolute atomic E-state index is 13.4. The first-order valence-corrected chi connectivity index (χ1v) is 13.6. The summed E-state index contributed by atoms with van der Waals surface area (Å²) in [7, 11) is 1.89. The summed E-state index contributed by atoms with van der Waals surface area (Å²) in [5, 5.41) is 6.95. The second-order valence-corrected chi connectivity index (χ2v) is 9.95. The molecular formula is C31H26FN7O5. The molecule has 2 aromatic carbocycles. The van der Waals surface area contributed by atoms with Crippen molar-refractivity contribution >= 4 is 17.3 Å². The third-order valence-electron chi connectivity index (χ3n) is 6.86. The highest BCUT2D eigenvalue weighted by Gasteiger charge is 2.18. The molecule has 0 bridgehead atoms. The molecule has 1 amide bonds. The predicted molar refractivity (Wildman–Crippen MR) is 160 cm³/mol. The average Bonchev–Trinajstić information content (AvgIpc) is 3.66. The lowest BCUT2D eigenvalue weighted by atomic mass is 10.2. The van der Waals surface area contributed by atoms with Crippen LogP contribution in [0.1, 0.15) is 12.5 Å². The summed E-state index contributed by atoms with van der Waals surface area (Å²) in [5.41, 5.74) is 2.07. The van der Waals surface area contributed by atoms with Gasteiger partial charge in [-0.1, -0.05) is 0 Å². The SMILES string of the molecule is CCn1cc(OC(=O)Nc2ccc(Oc3cc(-c4cn(C)cn4)cn4nccc34)c(C)c2)c(=O)n(-c2ccc(F)cc2)c1=O. The zero-order valence-electron chi connectivity index (χ0n) is 23.9. The minimum atomic E-state index is -0.939. The zero-order chi connectivity index (χ0) is 31.0. The monoisotopic (exact) mass is 595 g/mol. The second-order valence-electron chi connectivity index (χ2n) is 9.95. The second kappa shape index (κ2) is 11.4. The third kappa shape index (κ3) is 5.45. The lowest BCUT2D eigenvalue weighted by molar-refractivity contribution is 0.214. The molecule has 0 saturated carbocycles. The van der Waals surface area contributed by atoms with Gasteiger partial charge in [-0.15, -0.1) is 0 Å². The zero-order valence-corrected chi connectivity index (χ0v) is 23.9. The van der Waals surface area contributed by atoms with E-state index in [-0.39, 0.29) is 18.0 Å². The molecular weight excluding hydrogens is 569 g/mol. The fraction of sp³-hybridized carbons (Fsp3) is 0.129. The number of hydrogen-bond donors (Lipinski definition) is 1. The summed E-state index contributed by atoms with van der Waals surface area (Å²) < 4.78 is 30.6. The van der Waals surface area contributed by atoms with E-state index < -0.39 is 23.2 Å². The van der Waals surface area contributed by atoms with Crippen molar-refractivity contribution in [1.29, 1.82) is 0 Å². The average molecular weight is 596 g/mol. The Hall–Kier alpha value is -5.98. The number of fused-ring (bicyclic) bond motifs is 1. The van der Waals surface area contributed by atoms with Gasteiger partial charge in [0.15, 0.2) is 5.75 Å². The van der Waals surface area contributed by atoms with E-state index in [0.717, 1.165) is 33.5 Å². The maximum Gasteiger partial charge on any atom is 0.417 e. The summed E-state index contributed by atoms with van der Waals surface area (Å²) in [6.45, 7) is 3.72. The van der Waals surface area contributed by atoms with Crippen LogP contribution in [0, 0.1) is 12.7 Å². The molecule has 12 nitrogen and oxygen atoms in total. The summed E-state index contributed by atoms with van der Waals surface area (Å²) in [6.07, 6.45) is 7.39. The first-order valence-electron chi connectivity index (χ1n) is 13.6. The van der Waals surface area contributed by atoms with Crippen molar-refractivity contribution in [2.75, 3.05) is 5.32 Å². The molecule has 222 valence electrons. The first kappa shape index (κ1) is 28.2. The van der Waals surface area contributed by atoms with Crippen LogP contribution in [0.4, 0.5) is 14.9 Å². The van der Waals surface area contributed by atoms with E-state index in [2.05, 4.69) is 15.4 Å². The van der Waals surface area contributed by atoms with E-state index in [1.807, 2.05) is 43.1 Å². The van der Waals surface area contributed by atoms with Gasteiger partial charge in [-0.05, 0) is 74.0 Å². The van der Waals surface area contributed by atoms with Crippen LogP contribution in [0.25, 0.3) is 22.5 Å². The lowest BCUT2D eigenvalue weighted by Crippen LogP contribution is -2.39. The number of hydrogen-bond acceptors (Lipinski definition) is 7. The fourth-order valence-electron chi connectivity index (χ4n) is 4.68. The molecule has 0 fully saturated rings. The minimum Gasteiger partial charge on any atom is -0.455 e. The van der Waals surface area contributed by atoms with Gasteiger partial charge < -0.3 is 14.0 Å². The molecule has 0 atom stereocenters. The topological polar surface area (TPSA) is 127 Å². The number of nitrogens with zero attached hydrogens (tertiary/aromatic N) is 6. The van der Waals surface area contributed by atoms with E-state index in [0.29, 0.717) is 22.7 Å². The van der Waals surface area contributed by atoms with Gasteiger partial charge in [-0.2, -0.15) is 5.10 Å². The Labute approximate surface area is 249 Å². The van der Waals surface area contributed by atoms with Crippen molar-refractivity contribution in [3.05, 3.63) is 118 Å². The smallest absolute Gasteiger partial charge is 0.417 e. The van der Waals surface area contributed by atoms with Crippen LogP contribution in [0.3, 0.4) is 0 Å². The van der Waals surface area contributed by atoms with Gasteiger partial charge in [0.2, 0.25) is 5.75 Å². The first-order chi connectivity index (χ1) is 21.2. The Bertz CT molecular complexity index is 2140. The lowest BCUT2D eigenvalue weighted by Gasteiger charge is -2.14. The highest BCUT2D eigenvalue weighted by Crippen LogP contribution is 2.33. The molecule has 0 radical (unpaired) electrons. The van der Waals surface area contributed by atoms with Gasteiger partial charge in [0.25, 0.3) is 0 Å². The number of nitrogens with one attached hydrogen (secondary N) is 1. The number of ether oxygens (including phenoxy) is 2. The normalized spacial score (nSPS) is 11.1. The van der Waals surface area contributed by atoms with Crippen molar-refractivity contribution in [2.24, 2.45) is 7.05 Å². The molecule has 6 rings (SSSR count). The number of pyridine rings is 1. The van der Waals surface area contributed by atoms with E-state index in [1.54, 1.807) is 42.2 Å². The Kier molecular flexibility index (Phi) is 7.27. The maximum atomic E-state index is 13.4. The number of carbonyl (C=O) groups is 1. The number of halogens is 1. The van der Waals surface area contributed by atoms with Crippen LogP contribution in [0.5, 0.6) is 17.2 Å². The Morgan fingerprint density at radius 2 is 1.77 bits per heavy atom. The number of aromatic nitrogens is 6. The Balaban J connectivity index is 1.23. The fourth-order valence-corrected chi connectivity index (χ4v) is 4.68. The van der Waals surface area contributed by atoms with Crippen LogP contribution < -0.4 is 26.0 Å². The van der Waals surface area contributed by atoms with Gasteiger partial charge in [0, 0.05) is 37.2 Å². The van der Waals surface area contributed by atoms with E-state index in [1.165, 1.54) is 22.9 Å². The molecule has 6 aromatic rings. The van der Waals surface area contributed by atoms with Gasteiger partial charge in [0.05, 0.1) is 30.1 Å². The number of rotatable bonds is 7. The van der Waals surface area contributed by atoms with Crippen LogP contribution in [0.2, 0.25) is 0 Å². The summed E-state index contributed by atoms with van der Waals surface area (Å²) in [6, 6.07) is 13.6. The number of anilines is 1. The molecule has 13 heteroatoms. The largest absolute Gasteiger partial charge is 0.455 e. The van der Waals surface area contributed by atoms with E-state index in [9.17, 15) is 18.8 Å². The number of imidazole rings is 1. The minimum absolute atomic E-state index is 0.138. The van der Waals surface area contributed by atoms with Gasteiger partial charge in [-0.3, -0.25) is 14.7 Å². The molecule has 0 aliphatic rings. The van der Waals surface area contributed by atoms with Crippen molar-refractivity contribution in [2.45, 2.75) is 20.4 Å². The molecule has 4 aromatic heterocycles. The van der Waals surface area contributed by atoms with Crippen molar-refractivity contribution in [3.63, 3.8) is 0 Å². The summed E-state index contributed by atoms with van der Waals surface area (Å²) in [4.78, 5) is 43.2. The molecule has 0 saturated heterocycles. The molecule has 0 aliphatic heterocycles. The number of aryl methyl sites for hydroxylation is 3.